The number of rotatable bonds is 6. The van der Waals surface area contributed by atoms with Crippen molar-refractivity contribution in [3.63, 3.8) is 0 Å². The molecule has 2 aromatic heterocycles. The molecule has 33 heavy (non-hydrogen) atoms. The molecule has 2 aromatic carbocycles. The minimum Gasteiger partial charge on any atom is -0.390 e. The van der Waals surface area contributed by atoms with E-state index < -0.39 is 23.8 Å². The van der Waals surface area contributed by atoms with Crippen LogP contribution in [0.1, 0.15) is 35.0 Å². The molecule has 6 nitrogen and oxygen atoms in total. The van der Waals surface area contributed by atoms with Crippen molar-refractivity contribution in [2.24, 2.45) is 0 Å². The molecule has 1 aliphatic carbocycles. The summed E-state index contributed by atoms with van der Waals surface area (Å²) in [5.41, 5.74) is 3.81. The highest BCUT2D eigenvalue weighted by Crippen LogP contribution is 2.31. The topological polar surface area (TPSA) is 80.0 Å². The van der Waals surface area contributed by atoms with Crippen LogP contribution in [0.5, 0.6) is 0 Å². The normalized spacial score (nSPS) is 17.3. The SMILES string of the molecule is O=C(CCc1nc2cccnc2n1Cc1ccc(F)c(F)c1)N[C@@H]1c2ccccc2C[C@H]1O. The van der Waals surface area contributed by atoms with Crippen molar-refractivity contribution in [1.29, 1.82) is 0 Å². The number of amides is 1. The van der Waals surface area contributed by atoms with Crippen molar-refractivity contribution in [3.8, 4) is 0 Å². The number of aromatic nitrogens is 3. The van der Waals surface area contributed by atoms with E-state index in [9.17, 15) is 18.7 Å². The third kappa shape index (κ3) is 4.21. The lowest BCUT2D eigenvalue weighted by Gasteiger charge is -2.18. The second-order valence-corrected chi connectivity index (χ2v) is 8.22. The number of hydrogen-bond acceptors (Lipinski definition) is 4. The highest BCUT2D eigenvalue weighted by Gasteiger charge is 2.31. The highest BCUT2D eigenvalue weighted by molar-refractivity contribution is 5.77. The number of hydrogen-bond donors (Lipinski definition) is 2. The van der Waals surface area contributed by atoms with Crippen molar-refractivity contribution in [2.45, 2.75) is 38.0 Å². The molecular weight excluding hydrogens is 426 g/mol. The van der Waals surface area contributed by atoms with Gasteiger partial charge >= 0.3 is 0 Å². The molecule has 2 N–H and O–H groups in total. The van der Waals surface area contributed by atoms with Gasteiger partial charge in [-0.2, -0.15) is 0 Å². The molecule has 0 saturated carbocycles. The average Bonchev–Trinajstić information content (AvgIpc) is 3.32. The number of benzene rings is 2. The maximum absolute atomic E-state index is 13.7. The molecule has 168 valence electrons. The first-order chi connectivity index (χ1) is 16.0. The van der Waals surface area contributed by atoms with E-state index in [-0.39, 0.29) is 18.9 Å². The summed E-state index contributed by atoms with van der Waals surface area (Å²) in [6.45, 7) is 0.246. The van der Waals surface area contributed by atoms with E-state index in [0.29, 0.717) is 35.4 Å². The number of aliphatic hydroxyl groups is 1. The highest BCUT2D eigenvalue weighted by atomic mass is 19.2. The van der Waals surface area contributed by atoms with E-state index >= 15 is 0 Å². The summed E-state index contributed by atoms with van der Waals surface area (Å²) in [5, 5.41) is 13.3. The van der Waals surface area contributed by atoms with E-state index in [4.69, 9.17) is 0 Å². The fourth-order valence-electron chi connectivity index (χ4n) is 4.40. The first-order valence-corrected chi connectivity index (χ1v) is 10.8. The Bertz CT molecular complexity index is 1340. The smallest absolute Gasteiger partial charge is 0.221 e. The number of fused-ring (bicyclic) bond motifs is 2. The van der Waals surface area contributed by atoms with Crippen LogP contribution in [0.15, 0.2) is 60.8 Å². The van der Waals surface area contributed by atoms with Crippen LogP contribution in [-0.2, 0) is 24.2 Å². The molecule has 4 aromatic rings. The fraction of sp³-hybridized carbons (Fsp3) is 0.240. The number of pyridine rings is 1. The number of imidazole rings is 1. The summed E-state index contributed by atoms with van der Waals surface area (Å²) in [6, 6.07) is 14.6. The van der Waals surface area contributed by atoms with Crippen LogP contribution in [-0.4, -0.2) is 31.7 Å². The van der Waals surface area contributed by atoms with Crippen LogP contribution in [0.25, 0.3) is 11.2 Å². The zero-order valence-corrected chi connectivity index (χ0v) is 17.7. The molecule has 0 aliphatic heterocycles. The maximum atomic E-state index is 13.7. The molecule has 8 heteroatoms. The summed E-state index contributed by atoms with van der Waals surface area (Å²) in [5.74, 6) is -1.40. The third-order valence-corrected chi connectivity index (χ3v) is 6.00. The first-order valence-electron chi connectivity index (χ1n) is 10.8. The van der Waals surface area contributed by atoms with Crippen LogP contribution < -0.4 is 5.32 Å². The molecule has 2 atom stereocenters. The second kappa shape index (κ2) is 8.71. The zero-order valence-electron chi connectivity index (χ0n) is 17.7. The lowest BCUT2D eigenvalue weighted by Crippen LogP contribution is -2.34. The maximum Gasteiger partial charge on any atom is 0.221 e. The summed E-state index contributed by atoms with van der Waals surface area (Å²) < 4.78 is 28.9. The molecule has 0 bridgehead atoms. The number of aryl methyl sites for hydroxylation is 1. The number of carbonyl (C=O) groups is 1. The number of nitrogens with one attached hydrogen (secondary N) is 1. The predicted octanol–water partition coefficient (Wildman–Crippen LogP) is 3.46. The molecule has 1 aliphatic rings. The van der Waals surface area contributed by atoms with Crippen LogP contribution in [0, 0.1) is 11.6 Å². The summed E-state index contributed by atoms with van der Waals surface area (Å²) >= 11 is 0. The molecule has 5 rings (SSSR count). The summed E-state index contributed by atoms with van der Waals surface area (Å²) in [4.78, 5) is 21.7. The largest absolute Gasteiger partial charge is 0.390 e. The van der Waals surface area contributed by atoms with E-state index in [1.807, 2.05) is 34.9 Å². The Kier molecular flexibility index (Phi) is 5.60. The molecule has 0 fully saturated rings. The van der Waals surface area contributed by atoms with Crippen LogP contribution in [0.2, 0.25) is 0 Å². The van der Waals surface area contributed by atoms with Gasteiger partial charge in [0.1, 0.15) is 11.3 Å². The van der Waals surface area contributed by atoms with Gasteiger partial charge in [-0.1, -0.05) is 30.3 Å². The molecular formula is C25H22F2N4O2. The van der Waals surface area contributed by atoms with Crippen molar-refractivity contribution in [2.75, 3.05) is 0 Å². The van der Waals surface area contributed by atoms with Gasteiger partial charge in [0.15, 0.2) is 17.3 Å². The Morgan fingerprint density at radius 1 is 1.12 bits per heavy atom. The summed E-state index contributed by atoms with van der Waals surface area (Å²) in [7, 11) is 0. The van der Waals surface area contributed by atoms with E-state index in [1.54, 1.807) is 12.3 Å². The van der Waals surface area contributed by atoms with Gasteiger partial charge in [0.05, 0.1) is 18.7 Å². The van der Waals surface area contributed by atoms with Gasteiger partial charge in [-0.3, -0.25) is 4.79 Å². The van der Waals surface area contributed by atoms with Crippen LogP contribution in [0.4, 0.5) is 8.78 Å². The van der Waals surface area contributed by atoms with Crippen molar-refractivity contribution in [1.82, 2.24) is 19.9 Å². The van der Waals surface area contributed by atoms with Gasteiger partial charge in [0.2, 0.25) is 5.91 Å². The van der Waals surface area contributed by atoms with E-state index in [2.05, 4.69) is 15.3 Å². The van der Waals surface area contributed by atoms with Gasteiger partial charge < -0.3 is 15.0 Å². The quantitative estimate of drug-likeness (QED) is 0.474. The van der Waals surface area contributed by atoms with Gasteiger partial charge in [-0.15, -0.1) is 0 Å². The second-order valence-electron chi connectivity index (χ2n) is 8.22. The monoisotopic (exact) mass is 448 g/mol. The van der Waals surface area contributed by atoms with Gasteiger partial charge in [-0.05, 0) is 41.0 Å². The van der Waals surface area contributed by atoms with Crippen LogP contribution >= 0.6 is 0 Å². The Balaban J connectivity index is 1.34. The molecule has 0 saturated heterocycles. The predicted molar refractivity (Wildman–Crippen MR) is 118 cm³/mol. The van der Waals surface area contributed by atoms with Crippen molar-refractivity contribution < 1.29 is 18.7 Å². The fourth-order valence-corrected chi connectivity index (χ4v) is 4.40. The zero-order chi connectivity index (χ0) is 22.9. The van der Waals surface area contributed by atoms with E-state index in [1.165, 1.54) is 6.07 Å². The van der Waals surface area contributed by atoms with E-state index in [0.717, 1.165) is 23.3 Å². The van der Waals surface area contributed by atoms with Gasteiger partial charge in [0.25, 0.3) is 0 Å². The molecule has 2 heterocycles. The number of carbonyl (C=O) groups excluding carboxylic acids is 1. The number of aliphatic hydroxyl groups excluding tert-OH is 1. The Labute approximate surface area is 188 Å². The van der Waals surface area contributed by atoms with Crippen LogP contribution in [0.3, 0.4) is 0 Å². The van der Waals surface area contributed by atoms with Crippen molar-refractivity contribution in [3.05, 3.63) is 94.9 Å². The molecule has 0 unspecified atom stereocenters. The molecule has 0 spiro atoms. The lowest BCUT2D eigenvalue weighted by atomic mass is 10.1. The minimum absolute atomic E-state index is 0.159. The minimum atomic E-state index is -0.916. The van der Waals surface area contributed by atoms with Crippen molar-refractivity contribution >= 4 is 17.1 Å². The molecule has 0 radical (unpaired) electrons. The Hall–Kier alpha value is -3.65. The number of nitrogens with zero attached hydrogens (tertiary/aromatic N) is 3. The molecule has 1 amide bonds. The van der Waals surface area contributed by atoms with Gasteiger partial charge in [0, 0.05) is 25.5 Å². The van der Waals surface area contributed by atoms with Gasteiger partial charge in [-0.25, -0.2) is 18.7 Å². The Morgan fingerprint density at radius 2 is 1.97 bits per heavy atom. The standard InChI is InChI=1S/C25H22F2N4O2/c26-18-8-7-15(12-19(18)27)14-31-22(29-20-6-3-11-28-25(20)31)9-10-23(33)30-24-17-5-2-1-4-16(17)13-21(24)32/h1-8,11-12,21,24,32H,9-10,13-14H2,(H,30,33)/t21-,24-/m1/s1. The average molecular weight is 448 g/mol. The third-order valence-electron chi connectivity index (χ3n) is 6.00. The Morgan fingerprint density at radius 3 is 2.82 bits per heavy atom. The summed E-state index contributed by atoms with van der Waals surface area (Å²) in [6.07, 6.45) is 1.98. The lowest BCUT2D eigenvalue weighted by molar-refractivity contribution is -0.122. The number of halogens is 2. The first kappa shape index (κ1) is 21.2.